The minimum atomic E-state index is -0.494. The molecule has 3 rings (SSSR count). The predicted octanol–water partition coefficient (Wildman–Crippen LogP) is 3.57. The van der Waals surface area contributed by atoms with Crippen LogP contribution in [0.25, 0.3) is 0 Å². The molecule has 0 fully saturated rings. The number of rotatable bonds is 7. The standard InChI is InChI=1S/C21H23N3O3S/c1-4-27-17-11-7-15(8-12-17)22-19(25)13-18-20(26)23-21(28-18)14-5-9-16(10-6-14)24(2)3/h5-12,18H,4,13H2,1-3H3,(H,22,25). The minimum absolute atomic E-state index is 0.0828. The highest BCUT2D eigenvalue weighted by atomic mass is 32.2. The van der Waals surface area contributed by atoms with Gasteiger partial charge in [0.25, 0.3) is 5.91 Å². The third kappa shape index (κ3) is 4.92. The lowest BCUT2D eigenvalue weighted by Crippen LogP contribution is -2.21. The second-order valence-electron chi connectivity index (χ2n) is 6.51. The predicted molar refractivity (Wildman–Crippen MR) is 115 cm³/mol. The second-order valence-corrected chi connectivity index (χ2v) is 7.70. The monoisotopic (exact) mass is 397 g/mol. The van der Waals surface area contributed by atoms with Crippen LogP contribution in [0.15, 0.2) is 53.5 Å². The molecule has 0 radical (unpaired) electrons. The number of carbonyl (C=O) groups excluding carboxylic acids is 2. The Balaban J connectivity index is 1.57. The van der Waals surface area contributed by atoms with Gasteiger partial charge in [0, 0.05) is 37.5 Å². The van der Waals surface area contributed by atoms with E-state index in [1.165, 1.54) is 11.8 Å². The van der Waals surface area contributed by atoms with Gasteiger partial charge >= 0.3 is 0 Å². The van der Waals surface area contributed by atoms with Crippen LogP contribution >= 0.6 is 11.8 Å². The fourth-order valence-corrected chi connectivity index (χ4v) is 3.80. The Morgan fingerprint density at radius 1 is 1.14 bits per heavy atom. The molecule has 1 aliphatic rings. The molecule has 1 atom stereocenters. The molecule has 7 heteroatoms. The van der Waals surface area contributed by atoms with Crippen molar-refractivity contribution >= 4 is 40.0 Å². The van der Waals surface area contributed by atoms with Crippen LogP contribution in [0.2, 0.25) is 0 Å². The summed E-state index contributed by atoms with van der Waals surface area (Å²) < 4.78 is 5.38. The van der Waals surface area contributed by atoms with Crippen LogP contribution in [-0.2, 0) is 9.59 Å². The molecule has 28 heavy (non-hydrogen) atoms. The number of hydrogen-bond donors (Lipinski definition) is 1. The molecule has 1 N–H and O–H groups in total. The van der Waals surface area contributed by atoms with Gasteiger partial charge in [-0.25, -0.2) is 4.99 Å². The maximum absolute atomic E-state index is 12.3. The van der Waals surface area contributed by atoms with Crippen molar-refractivity contribution in [1.82, 2.24) is 0 Å². The molecule has 0 saturated carbocycles. The summed E-state index contributed by atoms with van der Waals surface area (Å²) in [6.07, 6.45) is 0.0828. The highest BCUT2D eigenvalue weighted by molar-refractivity contribution is 8.16. The number of ether oxygens (including phenoxy) is 1. The van der Waals surface area contributed by atoms with Gasteiger partial charge in [-0.15, -0.1) is 0 Å². The fourth-order valence-electron chi connectivity index (χ4n) is 2.73. The van der Waals surface area contributed by atoms with Crippen LogP contribution in [0, 0.1) is 0 Å². The summed E-state index contributed by atoms with van der Waals surface area (Å²) in [7, 11) is 3.94. The summed E-state index contributed by atoms with van der Waals surface area (Å²) in [5.74, 6) is 0.272. The zero-order valence-electron chi connectivity index (χ0n) is 16.1. The molecule has 0 aliphatic carbocycles. The molecule has 0 saturated heterocycles. The average molecular weight is 398 g/mol. The molecular formula is C21H23N3O3S. The number of nitrogens with one attached hydrogen (secondary N) is 1. The summed E-state index contributed by atoms with van der Waals surface area (Å²) in [5.41, 5.74) is 2.63. The molecular weight excluding hydrogens is 374 g/mol. The Morgan fingerprint density at radius 2 is 1.82 bits per heavy atom. The zero-order valence-corrected chi connectivity index (χ0v) is 17.0. The maximum Gasteiger partial charge on any atom is 0.260 e. The van der Waals surface area contributed by atoms with Crippen molar-refractivity contribution in [2.45, 2.75) is 18.6 Å². The van der Waals surface area contributed by atoms with Crippen LogP contribution in [0.4, 0.5) is 11.4 Å². The summed E-state index contributed by atoms with van der Waals surface area (Å²) >= 11 is 1.34. The Bertz CT molecular complexity index is 877. The van der Waals surface area contributed by atoms with Gasteiger partial charge < -0.3 is 15.0 Å². The Kier molecular flexibility index (Phi) is 6.36. The number of thioether (sulfide) groups is 1. The number of anilines is 2. The van der Waals surface area contributed by atoms with Gasteiger partial charge in [0.2, 0.25) is 5.91 Å². The van der Waals surface area contributed by atoms with Crippen molar-refractivity contribution in [3.8, 4) is 5.75 Å². The zero-order chi connectivity index (χ0) is 20.1. The van der Waals surface area contributed by atoms with E-state index >= 15 is 0 Å². The van der Waals surface area contributed by atoms with Crippen LogP contribution in [0.3, 0.4) is 0 Å². The van der Waals surface area contributed by atoms with E-state index in [0.29, 0.717) is 17.3 Å². The van der Waals surface area contributed by atoms with Crippen molar-refractivity contribution in [3.63, 3.8) is 0 Å². The summed E-state index contributed by atoms with van der Waals surface area (Å²) in [4.78, 5) is 30.7. The first-order valence-corrected chi connectivity index (χ1v) is 9.94. The molecule has 0 aromatic heterocycles. The average Bonchev–Trinajstić information content (AvgIpc) is 3.04. The number of hydrogen-bond acceptors (Lipinski definition) is 5. The summed E-state index contributed by atoms with van der Waals surface area (Å²) in [6, 6.07) is 15.0. The summed E-state index contributed by atoms with van der Waals surface area (Å²) in [6.45, 7) is 2.51. The topological polar surface area (TPSA) is 71.0 Å². The number of carbonyl (C=O) groups is 2. The first-order chi connectivity index (χ1) is 13.5. The minimum Gasteiger partial charge on any atom is -0.494 e. The molecule has 6 nitrogen and oxygen atoms in total. The van der Waals surface area contributed by atoms with Crippen molar-refractivity contribution in [1.29, 1.82) is 0 Å². The highest BCUT2D eigenvalue weighted by Gasteiger charge is 2.31. The van der Waals surface area contributed by atoms with Crippen LogP contribution < -0.4 is 15.0 Å². The first kappa shape index (κ1) is 19.9. The van der Waals surface area contributed by atoms with Crippen LogP contribution in [0.5, 0.6) is 5.75 Å². The molecule has 0 spiro atoms. The molecule has 2 amide bonds. The molecule has 1 unspecified atom stereocenters. The Labute approximate surface area is 169 Å². The van der Waals surface area contributed by atoms with Crippen molar-refractivity contribution in [2.24, 2.45) is 4.99 Å². The number of amides is 2. The first-order valence-electron chi connectivity index (χ1n) is 9.06. The van der Waals surface area contributed by atoms with Crippen molar-refractivity contribution in [2.75, 3.05) is 30.9 Å². The fraction of sp³-hybridized carbons (Fsp3) is 0.286. The van der Waals surface area contributed by atoms with Gasteiger partial charge in [0.1, 0.15) is 16.0 Å². The quantitative estimate of drug-likeness (QED) is 0.773. The van der Waals surface area contributed by atoms with E-state index in [1.807, 2.05) is 50.2 Å². The van der Waals surface area contributed by atoms with E-state index in [1.54, 1.807) is 24.3 Å². The molecule has 1 aliphatic heterocycles. The van der Waals surface area contributed by atoms with Gasteiger partial charge in [-0.05, 0) is 43.3 Å². The maximum atomic E-state index is 12.3. The van der Waals surface area contributed by atoms with E-state index < -0.39 is 5.25 Å². The normalized spacial score (nSPS) is 15.9. The van der Waals surface area contributed by atoms with E-state index in [2.05, 4.69) is 10.3 Å². The lowest BCUT2D eigenvalue weighted by molar-refractivity contribution is -0.121. The Hall–Kier alpha value is -2.80. The number of benzene rings is 2. The van der Waals surface area contributed by atoms with Gasteiger partial charge in [0.05, 0.1) is 6.61 Å². The summed E-state index contributed by atoms with van der Waals surface area (Å²) in [5, 5.41) is 2.98. The Morgan fingerprint density at radius 3 is 2.43 bits per heavy atom. The van der Waals surface area contributed by atoms with E-state index in [9.17, 15) is 9.59 Å². The van der Waals surface area contributed by atoms with E-state index in [-0.39, 0.29) is 18.2 Å². The second kappa shape index (κ2) is 8.93. The third-order valence-electron chi connectivity index (χ3n) is 4.19. The molecule has 2 aromatic rings. The third-order valence-corrected chi connectivity index (χ3v) is 5.39. The van der Waals surface area contributed by atoms with Gasteiger partial charge in [-0.3, -0.25) is 9.59 Å². The van der Waals surface area contributed by atoms with E-state index in [4.69, 9.17) is 4.74 Å². The lowest BCUT2D eigenvalue weighted by Gasteiger charge is -2.12. The highest BCUT2D eigenvalue weighted by Crippen LogP contribution is 2.30. The number of aliphatic imine (C=N–C) groups is 1. The van der Waals surface area contributed by atoms with Crippen molar-refractivity contribution < 1.29 is 14.3 Å². The molecule has 1 heterocycles. The molecule has 146 valence electrons. The smallest absolute Gasteiger partial charge is 0.260 e. The van der Waals surface area contributed by atoms with Crippen LogP contribution in [-0.4, -0.2) is 42.8 Å². The molecule has 2 aromatic carbocycles. The SMILES string of the molecule is CCOc1ccc(NC(=O)CC2SC(c3ccc(N(C)C)cc3)=NC2=O)cc1. The lowest BCUT2D eigenvalue weighted by atomic mass is 10.2. The van der Waals surface area contributed by atoms with Crippen molar-refractivity contribution in [3.05, 3.63) is 54.1 Å². The number of nitrogens with zero attached hydrogens (tertiary/aromatic N) is 2. The van der Waals surface area contributed by atoms with Gasteiger partial charge in [-0.1, -0.05) is 23.9 Å². The van der Waals surface area contributed by atoms with E-state index in [0.717, 1.165) is 17.0 Å². The van der Waals surface area contributed by atoms with Gasteiger partial charge in [0.15, 0.2) is 0 Å². The van der Waals surface area contributed by atoms with Crippen LogP contribution in [0.1, 0.15) is 18.9 Å². The largest absolute Gasteiger partial charge is 0.494 e. The van der Waals surface area contributed by atoms with Gasteiger partial charge in [-0.2, -0.15) is 0 Å². The molecule has 0 bridgehead atoms.